The van der Waals surface area contributed by atoms with Crippen LogP contribution in [0.5, 0.6) is 0 Å². The van der Waals surface area contributed by atoms with Gasteiger partial charge in [-0.25, -0.2) is 0 Å². The molecule has 0 aliphatic heterocycles. The Balaban J connectivity index is 2.12. The van der Waals surface area contributed by atoms with Crippen molar-refractivity contribution in [3.05, 3.63) is 35.6 Å². The number of aliphatic hydroxyl groups excluding tert-OH is 1. The van der Waals surface area contributed by atoms with E-state index >= 15 is 0 Å². The van der Waals surface area contributed by atoms with Crippen LogP contribution in [0.4, 0.5) is 0 Å². The Kier molecular flexibility index (Phi) is 4.61. The molecule has 2 aromatic rings. The highest BCUT2D eigenvalue weighted by atomic mass is 16.3. The van der Waals surface area contributed by atoms with Crippen molar-refractivity contribution in [3.63, 3.8) is 0 Å². The fourth-order valence-electron chi connectivity index (χ4n) is 2.59. The minimum Gasteiger partial charge on any atom is -0.459 e. The molecule has 19 heavy (non-hydrogen) atoms. The molecule has 0 aliphatic carbocycles. The molecule has 2 unspecified atom stereocenters. The first-order chi connectivity index (χ1) is 9.13. The molecule has 2 atom stereocenters. The lowest BCUT2D eigenvalue weighted by molar-refractivity contribution is 0.272. The van der Waals surface area contributed by atoms with Crippen LogP contribution >= 0.6 is 0 Å². The van der Waals surface area contributed by atoms with Crippen molar-refractivity contribution in [2.75, 3.05) is 6.61 Å². The minimum absolute atomic E-state index is 0.182. The Morgan fingerprint density at radius 3 is 2.68 bits per heavy atom. The van der Waals surface area contributed by atoms with E-state index in [9.17, 15) is 0 Å². The van der Waals surface area contributed by atoms with Gasteiger partial charge < -0.3 is 14.8 Å². The molecule has 0 spiro atoms. The molecular weight excluding hydrogens is 238 g/mol. The molecule has 1 aromatic carbocycles. The molecule has 1 aromatic heterocycles. The number of aliphatic hydroxyl groups is 1. The van der Waals surface area contributed by atoms with Gasteiger partial charge in [-0.05, 0) is 45.2 Å². The zero-order valence-corrected chi connectivity index (χ0v) is 11.9. The Hall–Kier alpha value is -1.32. The van der Waals surface area contributed by atoms with Crippen LogP contribution in [0.1, 0.15) is 44.1 Å². The van der Waals surface area contributed by atoms with Crippen LogP contribution in [-0.2, 0) is 0 Å². The smallest absolute Gasteiger partial charge is 0.134 e. The summed E-state index contributed by atoms with van der Waals surface area (Å²) in [5.41, 5.74) is 2.16. The predicted octanol–water partition coefficient (Wildman–Crippen LogP) is 3.55. The highest BCUT2D eigenvalue weighted by molar-refractivity contribution is 5.82. The van der Waals surface area contributed by atoms with Crippen molar-refractivity contribution in [2.24, 2.45) is 0 Å². The van der Waals surface area contributed by atoms with Crippen LogP contribution in [0.2, 0.25) is 0 Å². The molecule has 2 rings (SSSR count). The second kappa shape index (κ2) is 6.22. The molecule has 0 saturated carbocycles. The third kappa shape index (κ3) is 3.17. The fraction of sp³-hybridized carbons (Fsp3) is 0.500. The Labute approximate surface area is 114 Å². The summed E-state index contributed by atoms with van der Waals surface area (Å²) in [7, 11) is 0. The lowest BCUT2D eigenvalue weighted by Crippen LogP contribution is -2.29. The second-order valence-electron chi connectivity index (χ2n) is 5.24. The van der Waals surface area contributed by atoms with Crippen molar-refractivity contribution in [1.82, 2.24) is 5.32 Å². The Bertz CT molecular complexity index is 533. The summed E-state index contributed by atoms with van der Waals surface area (Å²) in [6.45, 7) is 6.63. The lowest BCUT2D eigenvalue weighted by Gasteiger charge is -2.18. The lowest BCUT2D eigenvalue weighted by atomic mass is 10.1. The number of hydrogen-bond donors (Lipinski definition) is 2. The number of benzene rings is 1. The second-order valence-corrected chi connectivity index (χ2v) is 5.24. The van der Waals surface area contributed by atoms with Crippen molar-refractivity contribution in [2.45, 2.75) is 45.7 Å². The number of nitrogens with one attached hydrogen (secondary N) is 1. The van der Waals surface area contributed by atoms with E-state index in [1.807, 2.05) is 18.2 Å². The van der Waals surface area contributed by atoms with E-state index in [0.29, 0.717) is 6.04 Å². The SMILES string of the molecule is Cc1c(C(C)NC(C)CCCO)oc2ccccc12. The van der Waals surface area contributed by atoms with Crippen LogP contribution in [0.15, 0.2) is 28.7 Å². The first-order valence-corrected chi connectivity index (χ1v) is 6.98. The molecule has 1 heterocycles. The largest absolute Gasteiger partial charge is 0.459 e. The van der Waals surface area contributed by atoms with E-state index in [1.54, 1.807) is 0 Å². The first kappa shape index (κ1) is 14.1. The summed E-state index contributed by atoms with van der Waals surface area (Å²) < 4.78 is 5.95. The van der Waals surface area contributed by atoms with Crippen molar-refractivity contribution in [3.8, 4) is 0 Å². The van der Waals surface area contributed by atoms with Crippen LogP contribution in [0.25, 0.3) is 11.0 Å². The number of rotatable bonds is 6. The molecule has 104 valence electrons. The van der Waals surface area contributed by atoms with E-state index in [4.69, 9.17) is 9.52 Å². The van der Waals surface area contributed by atoms with Crippen LogP contribution in [0.3, 0.4) is 0 Å². The van der Waals surface area contributed by atoms with Crippen LogP contribution in [-0.4, -0.2) is 17.8 Å². The summed E-state index contributed by atoms with van der Waals surface area (Å²) in [5, 5.41) is 13.6. The van der Waals surface area contributed by atoms with Gasteiger partial charge in [0.05, 0.1) is 6.04 Å². The fourth-order valence-corrected chi connectivity index (χ4v) is 2.59. The maximum absolute atomic E-state index is 8.86. The minimum atomic E-state index is 0.182. The molecule has 3 nitrogen and oxygen atoms in total. The summed E-state index contributed by atoms with van der Waals surface area (Å²) in [4.78, 5) is 0. The molecule has 0 amide bonds. The van der Waals surface area contributed by atoms with Gasteiger partial charge in [0.15, 0.2) is 0 Å². The van der Waals surface area contributed by atoms with Gasteiger partial charge in [0.2, 0.25) is 0 Å². The third-order valence-corrected chi connectivity index (χ3v) is 3.60. The third-order valence-electron chi connectivity index (χ3n) is 3.60. The highest BCUT2D eigenvalue weighted by Gasteiger charge is 2.17. The van der Waals surface area contributed by atoms with Gasteiger partial charge in [-0.2, -0.15) is 0 Å². The molecular formula is C16H23NO2. The maximum atomic E-state index is 8.86. The molecule has 0 saturated heterocycles. The van der Waals surface area contributed by atoms with Crippen molar-refractivity contribution < 1.29 is 9.52 Å². The van der Waals surface area contributed by atoms with Gasteiger partial charge in [-0.1, -0.05) is 18.2 Å². The van der Waals surface area contributed by atoms with E-state index in [2.05, 4.69) is 32.2 Å². The Morgan fingerprint density at radius 2 is 2.00 bits per heavy atom. The van der Waals surface area contributed by atoms with Gasteiger partial charge in [0.1, 0.15) is 11.3 Å². The number of fused-ring (bicyclic) bond motifs is 1. The number of furan rings is 1. The van der Waals surface area contributed by atoms with Crippen molar-refractivity contribution >= 4 is 11.0 Å². The molecule has 3 heteroatoms. The zero-order valence-electron chi connectivity index (χ0n) is 11.9. The summed E-state index contributed by atoms with van der Waals surface area (Å²) >= 11 is 0. The highest BCUT2D eigenvalue weighted by Crippen LogP contribution is 2.29. The van der Waals surface area contributed by atoms with Gasteiger partial charge in [-0.3, -0.25) is 0 Å². The summed E-state index contributed by atoms with van der Waals surface area (Å²) in [6, 6.07) is 8.69. The summed E-state index contributed by atoms with van der Waals surface area (Å²) in [6.07, 6.45) is 1.81. The summed E-state index contributed by atoms with van der Waals surface area (Å²) in [5.74, 6) is 1.01. The van der Waals surface area contributed by atoms with Crippen molar-refractivity contribution in [1.29, 1.82) is 0 Å². The monoisotopic (exact) mass is 261 g/mol. The van der Waals surface area contributed by atoms with Gasteiger partial charge >= 0.3 is 0 Å². The molecule has 0 aliphatic rings. The van der Waals surface area contributed by atoms with Crippen LogP contribution < -0.4 is 5.32 Å². The average molecular weight is 261 g/mol. The normalized spacial score (nSPS) is 14.7. The van der Waals surface area contributed by atoms with E-state index in [1.165, 1.54) is 10.9 Å². The Morgan fingerprint density at radius 1 is 1.26 bits per heavy atom. The number of aryl methyl sites for hydroxylation is 1. The van der Waals surface area contributed by atoms with Crippen LogP contribution in [0, 0.1) is 6.92 Å². The van der Waals surface area contributed by atoms with E-state index < -0.39 is 0 Å². The first-order valence-electron chi connectivity index (χ1n) is 6.98. The number of hydrogen-bond acceptors (Lipinski definition) is 3. The van der Waals surface area contributed by atoms with E-state index in [-0.39, 0.29) is 12.6 Å². The molecule has 2 N–H and O–H groups in total. The van der Waals surface area contributed by atoms with Gasteiger partial charge in [-0.15, -0.1) is 0 Å². The quantitative estimate of drug-likeness (QED) is 0.836. The standard InChI is InChI=1S/C16H23NO2/c1-11(7-6-10-18)17-13(3)16-12(2)14-8-4-5-9-15(14)19-16/h4-5,8-9,11,13,17-18H,6-7,10H2,1-3H3. The van der Waals surface area contributed by atoms with Gasteiger partial charge in [0, 0.05) is 18.0 Å². The molecule has 0 radical (unpaired) electrons. The molecule has 0 fully saturated rings. The zero-order chi connectivity index (χ0) is 13.8. The van der Waals surface area contributed by atoms with E-state index in [0.717, 1.165) is 24.2 Å². The molecule has 0 bridgehead atoms. The average Bonchev–Trinajstić information content (AvgIpc) is 2.74. The van der Waals surface area contributed by atoms with Gasteiger partial charge in [0.25, 0.3) is 0 Å². The maximum Gasteiger partial charge on any atom is 0.134 e. The number of para-hydroxylation sites is 1. The topological polar surface area (TPSA) is 45.4 Å². The predicted molar refractivity (Wildman–Crippen MR) is 78.3 cm³/mol.